The second-order valence-electron chi connectivity index (χ2n) is 4.66. The molecule has 0 spiro atoms. The van der Waals surface area contributed by atoms with Crippen molar-refractivity contribution in [2.24, 2.45) is 4.99 Å². The van der Waals surface area contributed by atoms with Crippen LogP contribution in [0, 0.1) is 5.82 Å². The number of aliphatic imine (C=N–C) groups is 1. The first kappa shape index (κ1) is 16.0. The zero-order chi connectivity index (χ0) is 16.0. The lowest BCUT2D eigenvalue weighted by Gasteiger charge is -2.11. The maximum absolute atomic E-state index is 12.9. The summed E-state index contributed by atoms with van der Waals surface area (Å²) >= 11 is 0. The highest BCUT2D eigenvalue weighted by Crippen LogP contribution is 2.07. The Morgan fingerprint density at radius 3 is 2.32 bits per heavy atom. The van der Waals surface area contributed by atoms with Crippen LogP contribution in [0.1, 0.15) is 5.56 Å². The number of guanidine groups is 1. The maximum atomic E-state index is 12.9. The first-order valence-corrected chi connectivity index (χ1v) is 8.40. The third kappa shape index (κ3) is 5.53. The lowest BCUT2D eigenvalue weighted by atomic mass is 10.2. The molecule has 22 heavy (non-hydrogen) atoms. The fraction of sp³-hybridized carbons (Fsp3) is 0.133. The number of anilines is 1. The second kappa shape index (κ2) is 7.04. The molecule has 2 rings (SSSR count). The molecule has 5 nitrogen and oxygen atoms in total. The molecule has 7 heteroatoms. The molecular weight excluding hydrogens is 305 g/mol. The van der Waals surface area contributed by atoms with Crippen LogP contribution in [0.4, 0.5) is 10.1 Å². The van der Waals surface area contributed by atoms with Gasteiger partial charge in [-0.15, -0.1) is 0 Å². The first-order valence-electron chi connectivity index (χ1n) is 6.51. The van der Waals surface area contributed by atoms with Gasteiger partial charge in [0.05, 0.1) is 12.8 Å². The summed E-state index contributed by atoms with van der Waals surface area (Å²) in [6, 6.07) is 14.9. The van der Waals surface area contributed by atoms with Crippen molar-refractivity contribution in [3.05, 3.63) is 66.0 Å². The standard InChI is InChI=1S/C15H16FN3O2S/c1-22(20,21)19-15(18-14-5-3-2-4-6-14)17-11-12-7-9-13(16)10-8-12/h2-10H,11H2,1H3,(H2,17,18,19). The summed E-state index contributed by atoms with van der Waals surface area (Å²) in [4.78, 5) is 4.20. The van der Waals surface area contributed by atoms with E-state index in [0.717, 1.165) is 11.8 Å². The highest BCUT2D eigenvalue weighted by atomic mass is 32.2. The van der Waals surface area contributed by atoms with Crippen LogP contribution in [-0.4, -0.2) is 20.6 Å². The summed E-state index contributed by atoms with van der Waals surface area (Å²) in [5.74, 6) is -0.220. The molecule has 0 aromatic heterocycles. The third-order valence-corrected chi connectivity index (χ3v) is 3.22. The zero-order valence-electron chi connectivity index (χ0n) is 12.0. The predicted molar refractivity (Wildman–Crippen MR) is 85.6 cm³/mol. The number of hydrogen-bond acceptors (Lipinski definition) is 3. The summed E-state index contributed by atoms with van der Waals surface area (Å²) in [5, 5.41) is 2.90. The van der Waals surface area contributed by atoms with Crippen molar-refractivity contribution in [3.8, 4) is 0 Å². The van der Waals surface area contributed by atoms with Gasteiger partial charge in [-0.3, -0.25) is 4.72 Å². The normalized spacial score (nSPS) is 12.0. The van der Waals surface area contributed by atoms with Crippen molar-refractivity contribution < 1.29 is 12.8 Å². The molecule has 2 aromatic rings. The van der Waals surface area contributed by atoms with Gasteiger partial charge in [-0.1, -0.05) is 30.3 Å². The molecule has 0 amide bonds. The van der Waals surface area contributed by atoms with E-state index in [1.165, 1.54) is 12.1 Å². The van der Waals surface area contributed by atoms with Crippen molar-refractivity contribution >= 4 is 21.7 Å². The van der Waals surface area contributed by atoms with Crippen LogP contribution in [0.3, 0.4) is 0 Å². The van der Waals surface area contributed by atoms with Gasteiger partial charge in [-0.25, -0.2) is 17.8 Å². The van der Waals surface area contributed by atoms with E-state index >= 15 is 0 Å². The summed E-state index contributed by atoms with van der Waals surface area (Å²) in [6.07, 6.45) is 1.05. The number of halogens is 1. The van der Waals surface area contributed by atoms with Crippen LogP contribution in [0.15, 0.2) is 59.6 Å². The topological polar surface area (TPSA) is 70.6 Å². The Labute approximate surface area is 129 Å². The van der Waals surface area contributed by atoms with Gasteiger partial charge < -0.3 is 5.32 Å². The van der Waals surface area contributed by atoms with Gasteiger partial charge in [0.2, 0.25) is 16.0 Å². The Morgan fingerprint density at radius 1 is 1.09 bits per heavy atom. The van der Waals surface area contributed by atoms with Crippen LogP contribution in [0.25, 0.3) is 0 Å². The molecule has 2 N–H and O–H groups in total. The van der Waals surface area contributed by atoms with E-state index in [9.17, 15) is 12.8 Å². The van der Waals surface area contributed by atoms with E-state index in [0.29, 0.717) is 5.69 Å². The Balaban J connectivity index is 2.16. The number of para-hydroxylation sites is 1. The molecule has 2 aromatic carbocycles. The average molecular weight is 321 g/mol. The van der Waals surface area contributed by atoms with Crippen molar-refractivity contribution in [2.75, 3.05) is 11.6 Å². The number of nitrogens with zero attached hydrogens (tertiary/aromatic N) is 1. The summed E-state index contributed by atoms with van der Waals surface area (Å²) < 4.78 is 38.0. The third-order valence-electron chi connectivity index (χ3n) is 2.65. The SMILES string of the molecule is CS(=O)(=O)NC(=NCc1ccc(F)cc1)Nc1ccccc1. The molecule has 0 radical (unpaired) electrons. The summed E-state index contributed by atoms with van der Waals surface area (Å²) in [6.45, 7) is 0.220. The van der Waals surface area contributed by atoms with Gasteiger partial charge >= 0.3 is 0 Å². The number of hydrogen-bond donors (Lipinski definition) is 2. The van der Waals surface area contributed by atoms with Crippen LogP contribution < -0.4 is 10.0 Å². The van der Waals surface area contributed by atoms with Crippen LogP contribution in [0.5, 0.6) is 0 Å². The molecule has 0 atom stereocenters. The van der Waals surface area contributed by atoms with Crippen LogP contribution in [-0.2, 0) is 16.6 Å². The lowest BCUT2D eigenvalue weighted by molar-refractivity contribution is 0.598. The number of sulfonamides is 1. The van der Waals surface area contributed by atoms with E-state index in [1.54, 1.807) is 24.3 Å². The molecular formula is C15H16FN3O2S. The van der Waals surface area contributed by atoms with Crippen LogP contribution in [0.2, 0.25) is 0 Å². The Kier molecular flexibility index (Phi) is 5.11. The van der Waals surface area contributed by atoms with Gasteiger partial charge in [-0.05, 0) is 29.8 Å². The fourth-order valence-electron chi connectivity index (χ4n) is 1.69. The molecule has 0 saturated heterocycles. The average Bonchev–Trinajstić information content (AvgIpc) is 2.46. The molecule has 0 aliphatic heterocycles. The van der Waals surface area contributed by atoms with E-state index in [4.69, 9.17) is 0 Å². The lowest BCUT2D eigenvalue weighted by Crippen LogP contribution is -2.35. The molecule has 0 fully saturated rings. The predicted octanol–water partition coefficient (Wildman–Crippen LogP) is 2.34. The molecule has 0 bridgehead atoms. The zero-order valence-corrected chi connectivity index (χ0v) is 12.8. The number of rotatable bonds is 4. The van der Waals surface area contributed by atoms with E-state index in [-0.39, 0.29) is 18.3 Å². The molecule has 0 heterocycles. The minimum Gasteiger partial charge on any atom is -0.326 e. The molecule has 0 aliphatic carbocycles. The molecule has 0 aliphatic rings. The minimum absolute atomic E-state index is 0.109. The molecule has 116 valence electrons. The van der Waals surface area contributed by atoms with Crippen LogP contribution >= 0.6 is 0 Å². The van der Waals surface area contributed by atoms with Gasteiger partial charge in [0, 0.05) is 5.69 Å². The smallest absolute Gasteiger partial charge is 0.232 e. The Morgan fingerprint density at radius 2 is 1.73 bits per heavy atom. The quantitative estimate of drug-likeness (QED) is 0.671. The van der Waals surface area contributed by atoms with Crippen molar-refractivity contribution in [1.29, 1.82) is 0 Å². The summed E-state index contributed by atoms with van der Waals surface area (Å²) in [5.41, 5.74) is 1.47. The maximum Gasteiger partial charge on any atom is 0.232 e. The monoisotopic (exact) mass is 321 g/mol. The highest BCUT2D eigenvalue weighted by molar-refractivity contribution is 7.89. The largest absolute Gasteiger partial charge is 0.326 e. The van der Waals surface area contributed by atoms with Gasteiger partial charge in [-0.2, -0.15) is 0 Å². The van der Waals surface area contributed by atoms with E-state index in [1.807, 2.05) is 18.2 Å². The van der Waals surface area contributed by atoms with Gasteiger partial charge in [0.1, 0.15) is 5.82 Å². The second-order valence-corrected chi connectivity index (χ2v) is 6.41. The van der Waals surface area contributed by atoms with Crippen molar-refractivity contribution in [2.45, 2.75) is 6.54 Å². The summed E-state index contributed by atoms with van der Waals surface area (Å²) in [7, 11) is -3.46. The van der Waals surface area contributed by atoms with Crippen molar-refractivity contribution in [1.82, 2.24) is 4.72 Å². The minimum atomic E-state index is -3.46. The fourth-order valence-corrected chi connectivity index (χ4v) is 2.16. The first-order chi connectivity index (χ1) is 10.4. The van der Waals surface area contributed by atoms with Gasteiger partial charge in [0.15, 0.2) is 0 Å². The molecule has 0 saturated carbocycles. The Bertz CT molecular complexity index is 744. The highest BCUT2D eigenvalue weighted by Gasteiger charge is 2.07. The van der Waals surface area contributed by atoms with Crippen molar-refractivity contribution in [3.63, 3.8) is 0 Å². The van der Waals surface area contributed by atoms with Gasteiger partial charge in [0.25, 0.3) is 0 Å². The molecule has 0 unspecified atom stereocenters. The number of benzene rings is 2. The van der Waals surface area contributed by atoms with E-state index < -0.39 is 10.0 Å². The Hall–Kier alpha value is -2.41. The number of nitrogens with one attached hydrogen (secondary N) is 2. The van der Waals surface area contributed by atoms with E-state index in [2.05, 4.69) is 15.0 Å².